The number of ether oxygens (including phenoxy) is 2. The molecule has 2 rings (SSSR count). The fourth-order valence-corrected chi connectivity index (χ4v) is 4.69. The van der Waals surface area contributed by atoms with Crippen molar-refractivity contribution in [3.8, 4) is 0 Å². The van der Waals surface area contributed by atoms with Crippen molar-refractivity contribution < 1.29 is 55.9 Å². The van der Waals surface area contributed by atoms with Crippen LogP contribution in [0.4, 0.5) is 5.95 Å². The Balaban J connectivity index is 1.91. The van der Waals surface area contributed by atoms with Crippen molar-refractivity contribution in [2.24, 2.45) is 0 Å². The molecule has 1 fully saturated rings. The van der Waals surface area contributed by atoms with Gasteiger partial charge < -0.3 is 34.8 Å². The van der Waals surface area contributed by atoms with E-state index in [1.165, 1.54) is 0 Å². The van der Waals surface area contributed by atoms with Gasteiger partial charge in [0.25, 0.3) is 0 Å². The fraction of sp³-hybridized carbons (Fsp3) is 0.571. The molecule has 3 unspecified atom stereocenters. The van der Waals surface area contributed by atoms with Crippen LogP contribution in [0, 0.1) is 0 Å². The maximum absolute atomic E-state index is 11.6. The summed E-state index contributed by atoms with van der Waals surface area (Å²) in [5, 5.41) is 0. The van der Waals surface area contributed by atoms with Gasteiger partial charge in [-0.25, -0.2) is 23.5 Å². The van der Waals surface area contributed by atoms with Gasteiger partial charge in [-0.15, -0.1) is 0 Å². The Bertz CT molecular complexity index is 883. The molecule has 2 heterocycles. The number of rotatable bonds is 8. The Kier molecular flexibility index (Phi) is 6.69. The second-order valence-electron chi connectivity index (χ2n) is 4.64. The first kappa shape index (κ1) is 22.2. The molecule has 1 aliphatic rings. The van der Waals surface area contributed by atoms with Crippen LogP contribution in [-0.4, -0.2) is 53.6 Å². The van der Waals surface area contributed by atoms with Gasteiger partial charge >= 0.3 is 29.2 Å². The van der Waals surface area contributed by atoms with Crippen LogP contribution in [0.15, 0.2) is 11.1 Å². The Morgan fingerprint density at radius 2 is 1.89 bits per heavy atom. The summed E-state index contributed by atoms with van der Waals surface area (Å²) >= 11 is 0. The summed E-state index contributed by atoms with van der Waals surface area (Å²) in [4.78, 5) is 53.7. The highest BCUT2D eigenvalue weighted by Gasteiger charge is 2.41. The van der Waals surface area contributed by atoms with Crippen LogP contribution in [0.1, 0.15) is 6.23 Å². The molecule has 0 aliphatic carbocycles. The number of nitrogens with zero attached hydrogens (tertiary/aromatic N) is 3. The normalized spacial score (nSPS) is 25.0. The SMILES string of the molecule is Nc1ncn(C2CO[C@H](COP(=O)(O)OP(=O)(O)OP(=O)(O)O)O2)c(=O)n1. The Labute approximate surface area is 149 Å². The van der Waals surface area contributed by atoms with Crippen LogP contribution in [0.3, 0.4) is 0 Å². The van der Waals surface area contributed by atoms with Crippen molar-refractivity contribution in [1.29, 1.82) is 0 Å². The minimum absolute atomic E-state index is 0.211. The molecule has 1 saturated heterocycles. The minimum atomic E-state index is -5.62. The maximum Gasteiger partial charge on any atom is 0.490 e. The molecule has 0 radical (unpaired) electrons. The van der Waals surface area contributed by atoms with Crippen molar-refractivity contribution >= 4 is 29.4 Å². The van der Waals surface area contributed by atoms with Gasteiger partial charge in [-0.2, -0.15) is 13.6 Å². The van der Waals surface area contributed by atoms with Crippen molar-refractivity contribution in [2.45, 2.75) is 12.5 Å². The zero-order valence-corrected chi connectivity index (χ0v) is 15.6. The van der Waals surface area contributed by atoms with E-state index in [-0.39, 0.29) is 12.6 Å². The molecule has 20 heteroatoms. The molecule has 0 amide bonds. The maximum atomic E-state index is 11.6. The van der Waals surface area contributed by atoms with Crippen molar-refractivity contribution in [3.63, 3.8) is 0 Å². The molecule has 1 aromatic rings. The lowest BCUT2D eigenvalue weighted by Gasteiger charge is -2.17. The van der Waals surface area contributed by atoms with E-state index in [4.69, 9.17) is 29.9 Å². The van der Waals surface area contributed by atoms with Gasteiger partial charge in [-0.05, 0) is 0 Å². The van der Waals surface area contributed by atoms with Gasteiger partial charge in [0.05, 0.1) is 6.61 Å². The highest BCUT2D eigenvalue weighted by molar-refractivity contribution is 7.66. The van der Waals surface area contributed by atoms with Crippen molar-refractivity contribution in [3.05, 3.63) is 16.8 Å². The topological polar surface area (TPSA) is 252 Å². The monoisotopic (exact) mass is 454 g/mol. The smallest absolute Gasteiger partial charge is 0.368 e. The van der Waals surface area contributed by atoms with E-state index >= 15 is 0 Å². The number of hydrogen-bond donors (Lipinski definition) is 5. The van der Waals surface area contributed by atoms with Crippen LogP contribution in [0.2, 0.25) is 0 Å². The molecule has 0 saturated carbocycles. The lowest BCUT2D eigenvalue weighted by molar-refractivity contribution is -0.0975. The van der Waals surface area contributed by atoms with E-state index in [1.54, 1.807) is 0 Å². The second kappa shape index (κ2) is 8.13. The van der Waals surface area contributed by atoms with E-state index in [0.717, 1.165) is 10.9 Å². The Morgan fingerprint density at radius 1 is 1.22 bits per heavy atom. The average molecular weight is 454 g/mol. The largest absolute Gasteiger partial charge is 0.490 e. The van der Waals surface area contributed by atoms with Gasteiger partial charge in [0, 0.05) is 0 Å². The predicted molar refractivity (Wildman–Crippen MR) is 80.4 cm³/mol. The second-order valence-corrected chi connectivity index (χ2v) is 9.06. The van der Waals surface area contributed by atoms with Crippen molar-refractivity contribution in [2.75, 3.05) is 18.9 Å². The van der Waals surface area contributed by atoms with Crippen LogP contribution >= 0.6 is 23.5 Å². The lowest BCUT2D eigenvalue weighted by Crippen LogP contribution is -2.29. The van der Waals surface area contributed by atoms with E-state index < -0.39 is 48.3 Å². The van der Waals surface area contributed by atoms with Crippen LogP contribution in [-0.2, 0) is 36.3 Å². The van der Waals surface area contributed by atoms with E-state index in [1.807, 2.05) is 0 Å². The molecule has 154 valence electrons. The third-order valence-electron chi connectivity index (χ3n) is 2.58. The highest BCUT2D eigenvalue weighted by atomic mass is 31.3. The molecule has 0 spiro atoms. The molecule has 4 atom stereocenters. The third kappa shape index (κ3) is 7.12. The average Bonchev–Trinajstić information content (AvgIpc) is 2.90. The molecule has 1 aromatic heterocycles. The molecular weight excluding hydrogens is 441 g/mol. The molecule has 17 nitrogen and oxygen atoms in total. The number of phosphoric acid groups is 3. The predicted octanol–water partition coefficient (Wildman–Crippen LogP) is -1.56. The van der Waals surface area contributed by atoms with Gasteiger partial charge in [-0.3, -0.25) is 9.09 Å². The minimum Gasteiger partial charge on any atom is -0.368 e. The zero-order chi connectivity index (χ0) is 20.5. The van der Waals surface area contributed by atoms with Gasteiger partial charge in [0.2, 0.25) is 5.95 Å². The fourth-order valence-electron chi connectivity index (χ4n) is 1.69. The molecule has 27 heavy (non-hydrogen) atoms. The number of hydrogen-bond acceptors (Lipinski definition) is 12. The summed E-state index contributed by atoms with van der Waals surface area (Å²) in [6.07, 6.45) is -1.31. The number of aromatic nitrogens is 3. The number of anilines is 1. The van der Waals surface area contributed by atoms with Crippen molar-refractivity contribution in [1.82, 2.24) is 14.5 Å². The Hall–Kier alpha value is -1.06. The van der Waals surface area contributed by atoms with Crippen LogP contribution < -0.4 is 11.4 Å². The third-order valence-corrected chi connectivity index (χ3v) is 6.38. The van der Waals surface area contributed by atoms with Gasteiger partial charge in [0.1, 0.15) is 12.9 Å². The Morgan fingerprint density at radius 3 is 2.48 bits per heavy atom. The van der Waals surface area contributed by atoms with E-state index in [2.05, 4.69) is 23.1 Å². The molecular formula is C7H13N4O13P3. The summed E-state index contributed by atoms with van der Waals surface area (Å²) in [6, 6.07) is 0. The van der Waals surface area contributed by atoms with Crippen LogP contribution in [0.5, 0.6) is 0 Å². The number of nitrogens with two attached hydrogens (primary N) is 1. The summed E-state index contributed by atoms with van der Waals surface area (Å²) in [5.74, 6) is -0.264. The quantitative estimate of drug-likeness (QED) is 0.278. The van der Waals surface area contributed by atoms with Gasteiger partial charge in [0.15, 0.2) is 12.5 Å². The van der Waals surface area contributed by atoms with Crippen LogP contribution in [0.25, 0.3) is 0 Å². The first-order chi connectivity index (χ1) is 12.3. The summed E-state index contributed by atoms with van der Waals surface area (Å²) in [6.45, 7) is -1.04. The number of phosphoric ester groups is 1. The standard InChI is InChI=1S/C7H13N4O13P3/c8-6-9-3-11(7(12)10-6)4-1-20-5(22-4)2-21-26(16,17)24-27(18,19)23-25(13,14)15/h3-5H,1-2H2,(H,16,17)(H,18,19)(H2,8,10,12)(H2,13,14,15)/t4?,5-/m0/s1. The van der Waals surface area contributed by atoms with E-state index in [9.17, 15) is 23.4 Å². The molecule has 0 aromatic carbocycles. The summed E-state index contributed by atoms with van der Waals surface area (Å²) < 4.78 is 55.8. The highest BCUT2D eigenvalue weighted by Crippen LogP contribution is 2.66. The molecule has 0 bridgehead atoms. The molecule has 6 N–H and O–H groups in total. The molecule has 1 aliphatic heterocycles. The van der Waals surface area contributed by atoms with Gasteiger partial charge in [-0.1, -0.05) is 0 Å². The van der Waals surface area contributed by atoms with E-state index in [0.29, 0.717) is 0 Å². The first-order valence-corrected chi connectivity index (χ1v) is 11.0. The summed E-state index contributed by atoms with van der Waals surface area (Å²) in [5.41, 5.74) is 4.43. The summed E-state index contributed by atoms with van der Waals surface area (Å²) in [7, 11) is -16.4. The zero-order valence-electron chi connectivity index (χ0n) is 12.9. The first-order valence-electron chi connectivity index (χ1n) is 6.52. The lowest BCUT2D eigenvalue weighted by atomic mass is 10.6. The number of nitrogen functional groups attached to an aromatic ring is 1.